The Balaban J connectivity index is 2.15. The Hall–Kier alpha value is -1.56. The Morgan fingerprint density at radius 2 is 2.00 bits per heavy atom. The summed E-state index contributed by atoms with van der Waals surface area (Å²) in [6, 6.07) is 4.95. The lowest BCUT2D eigenvalue weighted by Crippen LogP contribution is -2.33. The van der Waals surface area contributed by atoms with Crippen LogP contribution in [0.25, 0.3) is 0 Å². The van der Waals surface area contributed by atoms with Gasteiger partial charge in [0.25, 0.3) is 0 Å². The fraction of sp³-hybridized carbons (Fsp3) is 0.533. The van der Waals surface area contributed by atoms with Crippen molar-refractivity contribution >= 4 is 16.1 Å². The zero-order valence-electron chi connectivity index (χ0n) is 12.2. The predicted octanol–water partition coefficient (Wildman–Crippen LogP) is 2.24. The molecule has 0 spiro atoms. The molecule has 0 aromatic heterocycles. The first-order chi connectivity index (χ1) is 9.94. The molecule has 6 heteroatoms. The molecule has 0 saturated heterocycles. The van der Waals surface area contributed by atoms with Gasteiger partial charge in [-0.2, -0.15) is 0 Å². The summed E-state index contributed by atoms with van der Waals surface area (Å²) < 4.78 is 34.5. The van der Waals surface area contributed by atoms with Gasteiger partial charge in [-0.15, -0.1) is 0 Å². The summed E-state index contributed by atoms with van der Waals surface area (Å²) in [5, 5.41) is -0.350. The average Bonchev–Trinajstić information content (AvgIpc) is 2.46. The van der Waals surface area contributed by atoms with Crippen molar-refractivity contribution in [1.82, 2.24) is 0 Å². The summed E-state index contributed by atoms with van der Waals surface area (Å²) >= 11 is 0. The normalized spacial score (nSPS) is 22.6. The second kappa shape index (κ2) is 6.47. The van der Waals surface area contributed by atoms with Gasteiger partial charge in [-0.3, -0.25) is 4.79 Å². The maximum absolute atomic E-state index is 11.7. The molecule has 2 unspecified atom stereocenters. The van der Waals surface area contributed by atoms with Crippen LogP contribution in [0.4, 0.5) is 0 Å². The van der Waals surface area contributed by atoms with E-state index < -0.39 is 9.84 Å². The van der Waals surface area contributed by atoms with Crippen molar-refractivity contribution in [2.24, 2.45) is 0 Å². The molecular formula is C15H20O5S. The van der Waals surface area contributed by atoms with Crippen molar-refractivity contribution in [3.8, 4) is 11.5 Å². The van der Waals surface area contributed by atoms with Crippen molar-refractivity contribution < 1.29 is 22.7 Å². The molecule has 1 fully saturated rings. The summed E-state index contributed by atoms with van der Waals surface area (Å²) in [5.74, 6) is 1.03. The fourth-order valence-electron chi connectivity index (χ4n) is 2.64. The van der Waals surface area contributed by atoms with E-state index in [-0.39, 0.29) is 11.4 Å². The molecule has 21 heavy (non-hydrogen) atoms. The van der Waals surface area contributed by atoms with E-state index in [9.17, 15) is 13.2 Å². The second-order valence-electron chi connectivity index (χ2n) is 5.39. The number of ether oxygens (including phenoxy) is 2. The molecule has 5 nitrogen and oxygen atoms in total. The molecule has 0 bridgehead atoms. The van der Waals surface area contributed by atoms with Gasteiger partial charge in [0.05, 0.1) is 12.4 Å². The molecule has 0 radical (unpaired) electrons. The molecule has 0 N–H and O–H groups in total. The Labute approximate surface area is 125 Å². The first kappa shape index (κ1) is 15.8. The zero-order valence-corrected chi connectivity index (χ0v) is 13.1. The van der Waals surface area contributed by atoms with Crippen LogP contribution in [0.15, 0.2) is 18.2 Å². The monoisotopic (exact) mass is 312 g/mol. The van der Waals surface area contributed by atoms with E-state index in [0.29, 0.717) is 29.9 Å². The van der Waals surface area contributed by atoms with Crippen molar-refractivity contribution in [1.29, 1.82) is 0 Å². The van der Waals surface area contributed by atoms with Crippen LogP contribution in [0.2, 0.25) is 0 Å². The third kappa shape index (κ3) is 3.97. The van der Waals surface area contributed by atoms with Crippen molar-refractivity contribution in [2.75, 3.05) is 13.4 Å². The number of sulfone groups is 1. The topological polar surface area (TPSA) is 69.7 Å². The lowest BCUT2D eigenvalue weighted by molar-refractivity contribution is 0.112. The van der Waals surface area contributed by atoms with Crippen LogP contribution in [0.1, 0.15) is 36.0 Å². The van der Waals surface area contributed by atoms with Crippen LogP contribution < -0.4 is 9.47 Å². The van der Waals surface area contributed by atoms with E-state index in [1.165, 1.54) is 13.4 Å². The molecule has 1 aromatic rings. The van der Waals surface area contributed by atoms with Gasteiger partial charge in [-0.1, -0.05) is 0 Å². The minimum Gasteiger partial charge on any atom is -0.493 e. The summed E-state index contributed by atoms with van der Waals surface area (Å²) in [6.45, 7) is 0. The van der Waals surface area contributed by atoms with Gasteiger partial charge in [-0.25, -0.2) is 8.42 Å². The molecule has 0 amide bonds. The van der Waals surface area contributed by atoms with Gasteiger partial charge < -0.3 is 9.47 Å². The summed E-state index contributed by atoms with van der Waals surface area (Å²) in [7, 11) is -1.52. The average molecular weight is 312 g/mol. The molecule has 0 heterocycles. The molecule has 1 aliphatic rings. The zero-order chi connectivity index (χ0) is 15.5. The van der Waals surface area contributed by atoms with Crippen LogP contribution in [0.5, 0.6) is 11.5 Å². The lowest BCUT2D eigenvalue weighted by Gasteiger charge is -2.29. The van der Waals surface area contributed by atoms with E-state index in [1.54, 1.807) is 18.2 Å². The van der Waals surface area contributed by atoms with Crippen molar-refractivity contribution in [2.45, 2.75) is 37.0 Å². The molecule has 116 valence electrons. The third-order valence-electron chi connectivity index (χ3n) is 3.80. The number of hydrogen-bond acceptors (Lipinski definition) is 5. The number of methoxy groups -OCH3 is 1. The number of rotatable bonds is 5. The highest BCUT2D eigenvalue weighted by Gasteiger charge is 2.30. The Morgan fingerprint density at radius 1 is 1.24 bits per heavy atom. The van der Waals surface area contributed by atoms with Gasteiger partial charge in [0, 0.05) is 18.2 Å². The van der Waals surface area contributed by atoms with E-state index in [0.717, 1.165) is 19.1 Å². The van der Waals surface area contributed by atoms with Crippen molar-refractivity contribution in [3.05, 3.63) is 23.8 Å². The maximum Gasteiger partial charge on any atom is 0.162 e. The summed E-state index contributed by atoms with van der Waals surface area (Å²) in [6.07, 6.45) is 4.63. The number of aldehydes is 1. The largest absolute Gasteiger partial charge is 0.493 e. The first-order valence-corrected chi connectivity index (χ1v) is 8.88. The quantitative estimate of drug-likeness (QED) is 0.780. The van der Waals surface area contributed by atoms with E-state index in [4.69, 9.17) is 9.47 Å². The predicted molar refractivity (Wildman–Crippen MR) is 79.9 cm³/mol. The van der Waals surface area contributed by atoms with Crippen LogP contribution in [0, 0.1) is 0 Å². The minimum absolute atomic E-state index is 0.172. The highest BCUT2D eigenvalue weighted by Crippen LogP contribution is 2.33. The molecule has 2 rings (SSSR count). The molecule has 1 aliphatic carbocycles. The highest BCUT2D eigenvalue weighted by molar-refractivity contribution is 7.91. The van der Waals surface area contributed by atoms with Crippen LogP contribution in [-0.2, 0) is 9.84 Å². The number of benzene rings is 1. The first-order valence-electron chi connectivity index (χ1n) is 6.92. The Morgan fingerprint density at radius 3 is 2.62 bits per heavy atom. The molecule has 1 aromatic carbocycles. The van der Waals surface area contributed by atoms with Gasteiger partial charge in [0.2, 0.25) is 0 Å². The van der Waals surface area contributed by atoms with Crippen LogP contribution >= 0.6 is 0 Å². The SMILES string of the molecule is COc1ccc(C=O)cc1OC1CCCC(S(C)(=O)=O)C1. The van der Waals surface area contributed by atoms with Crippen LogP contribution in [0.3, 0.4) is 0 Å². The standard InChI is InChI=1S/C15H20O5S/c1-19-14-7-6-11(10-16)8-15(14)20-12-4-3-5-13(9-12)21(2,17)18/h6-8,10,12-13H,3-5,9H2,1-2H3. The fourth-order valence-corrected chi connectivity index (χ4v) is 3.80. The maximum atomic E-state index is 11.7. The van der Waals surface area contributed by atoms with E-state index in [1.807, 2.05) is 0 Å². The Bertz CT molecular complexity index is 608. The minimum atomic E-state index is -3.05. The molecule has 0 aliphatic heterocycles. The van der Waals surface area contributed by atoms with E-state index in [2.05, 4.69) is 0 Å². The molecule has 1 saturated carbocycles. The van der Waals surface area contributed by atoms with Gasteiger partial charge >= 0.3 is 0 Å². The molecule has 2 atom stereocenters. The molecular weight excluding hydrogens is 292 g/mol. The Kier molecular flexibility index (Phi) is 4.88. The van der Waals surface area contributed by atoms with Crippen molar-refractivity contribution in [3.63, 3.8) is 0 Å². The van der Waals surface area contributed by atoms with Gasteiger partial charge in [-0.05, 0) is 37.5 Å². The third-order valence-corrected chi connectivity index (χ3v) is 5.44. The number of hydrogen-bond donors (Lipinski definition) is 0. The summed E-state index contributed by atoms with van der Waals surface area (Å²) in [4.78, 5) is 10.9. The summed E-state index contributed by atoms with van der Waals surface area (Å²) in [5.41, 5.74) is 0.501. The smallest absolute Gasteiger partial charge is 0.162 e. The second-order valence-corrected chi connectivity index (χ2v) is 7.71. The lowest BCUT2D eigenvalue weighted by atomic mass is 9.97. The highest BCUT2D eigenvalue weighted by atomic mass is 32.2. The van der Waals surface area contributed by atoms with Gasteiger partial charge in [0.1, 0.15) is 22.2 Å². The van der Waals surface area contributed by atoms with Gasteiger partial charge in [0.15, 0.2) is 11.5 Å². The van der Waals surface area contributed by atoms with Crippen LogP contribution in [-0.4, -0.2) is 39.4 Å². The number of carbonyl (C=O) groups is 1. The van der Waals surface area contributed by atoms with E-state index >= 15 is 0 Å². The number of carbonyl (C=O) groups excluding carboxylic acids is 1.